The van der Waals surface area contributed by atoms with Crippen molar-refractivity contribution in [3.05, 3.63) is 76.0 Å². The van der Waals surface area contributed by atoms with E-state index in [-0.39, 0.29) is 5.78 Å². The van der Waals surface area contributed by atoms with Crippen LogP contribution in [0.4, 0.5) is 0 Å². The van der Waals surface area contributed by atoms with Gasteiger partial charge in [0.2, 0.25) is 0 Å². The number of aryl methyl sites for hydroxylation is 2. The van der Waals surface area contributed by atoms with Gasteiger partial charge in [-0.05, 0) is 36.8 Å². The Balaban J connectivity index is 1.84. The van der Waals surface area contributed by atoms with Crippen LogP contribution < -0.4 is 4.57 Å². The summed E-state index contributed by atoms with van der Waals surface area (Å²) in [4.78, 5) is 17.7. The van der Waals surface area contributed by atoms with E-state index >= 15 is 0 Å². The Hall–Kier alpha value is -2.30. The Morgan fingerprint density at radius 3 is 2.71 bits per heavy atom. The van der Waals surface area contributed by atoms with E-state index in [1.54, 1.807) is 24.3 Å². The van der Waals surface area contributed by atoms with Crippen LogP contribution in [0.2, 0.25) is 5.02 Å². The van der Waals surface area contributed by atoms with Crippen LogP contribution in [0, 0.1) is 6.92 Å². The third-order valence-corrected chi connectivity index (χ3v) is 4.98. The lowest BCUT2D eigenvalue weighted by atomic mass is 10.2. The summed E-state index contributed by atoms with van der Waals surface area (Å²) in [5, 5.41) is 1.53. The van der Waals surface area contributed by atoms with Crippen molar-refractivity contribution in [2.75, 3.05) is 0 Å². The highest BCUT2D eigenvalue weighted by atomic mass is 35.5. The summed E-state index contributed by atoms with van der Waals surface area (Å²) in [6.07, 6.45) is 7.33. The first kappa shape index (κ1) is 16.6. The average Bonchev–Trinajstić information content (AvgIpc) is 2.96. The molecule has 3 rings (SSSR count). The number of thiazole rings is 1. The summed E-state index contributed by atoms with van der Waals surface area (Å²) in [7, 11) is 1.96. The predicted molar refractivity (Wildman–Crippen MR) is 98.3 cm³/mol. The molecular weight excluding hydrogens is 340 g/mol. The lowest BCUT2D eigenvalue weighted by molar-refractivity contribution is -0.671. The number of allylic oxidation sites excluding steroid dienone is 1. The molecule has 24 heavy (non-hydrogen) atoms. The summed E-state index contributed by atoms with van der Waals surface area (Å²) in [6, 6.07) is 11.3. The van der Waals surface area contributed by atoms with Crippen LogP contribution in [-0.2, 0) is 7.05 Å². The summed E-state index contributed by atoms with van der Waals surface area (Å²) in [5.74, 6) is -0.0356. The quantitative estimate of drug-likeness (QED) is 0.392. The molecule has 0 saturated carbocycles. The number of aromatic nitrogens is 2. The molecule has 3 aromatic rings. The Kier molecular flexibility index (Phi) is 4.88. The molecule has 0 radical (unpaired) electrons. The van der Waals surface area contributed by atoms with E-state index in [0.29, 0.717) is 9.90 Å². The molecule has 3 nitrogen and oxygen atoms in total. The van der Waals surface area contributed by atoms with Crippen molar-refractivity contribution in [2.24, 2.45) is 7.05 Å². The van der Waals surface area contributed by atoms with Gasteiger partial charge in [-0.2, -0.15) is 0 Å². The van der Waals surface area contributed by atoms with Gasteiger partial charge < -0.3 is 0 Å². The Morgan fingerprint density at radius 1 is 1.25 bits per heavy atom. The summed E-state index contributed by atoms with van der Waals surface area (Å²) < 4.78 is 1.97. The fourth-order valence-electron chi connectivity index (χ4n) is 2.28. The second kappa shape index (κ2) is 7.07. The number of benzene rings is 1. The summed E-state index contributed by atoms with van der Waals surface area (Å²) in [6.45, 7) is 1.87. The first-order chi connectivity index (χ1) is 11.5. The number of carbonyl (C=O) groups excluding carboxylic acids is 1. The number of carbonyl (C=O) groups is 1. The Labute approximate surface area is 149 Å². The zero-order valence-electron chi connectivity index (χ0n) is 13.4. The van der Waals surface area contributed by atoms with Crippen LogP contribution in [0.3, 0.4) is 0 Å². The van der Waals surface area contributed by atoms with Gasteiger partial charge in [-0.3, -0.25) is 4.79 Å². The van der Waals surface area contributed by atoms with Gasteiger partial charge >= 0.3 is 0 Å². The van der Waals surface area contributed by atoms with Crippen molar-refractivity contribution in [2.45, 2.75) is 6.92 Å². The third kappa shape index (κ3) is 3.78. The van der Waals surface area contributed by atoms with E-state index < -0.39 is 0 Å². The third-order valence-electron chi connectivity index (χ3n) is 3.50. The molecule has 0 unspecified atom stereocenters. The van der Waals surface area contributed by atoms with E-state index in [4.69, 9.17) is 11.6 Å². The highest BCUT2D eigenvalue weighted by molar-refractivity contribution is 7.17. The number of hydrogen-bond donors (Lipinski definition) is 0. The SMILES string of the molecule is Cc1nc(-c2ccc[n+](C)c2)sc1C(=O)/C=C/c1ccc(Cl)cc1. The number of rotatable bonds is 4. The lowest BCUT2D eigenvalue weighted by Crippen LogP contribution is -2.26. The van der Waals surface area contributed by atoms with Gasteiger partial charge in [0.1, 0.15) is 12.1 Å². The Bertz CT molecular complexity index is 913. The van der Waals surface area contributed by atoms with Crippen LogP contribution >= 0.6 is 22.9 Å². The van der Waals surface area contributed by atoms with E-state index in [2.05, 4.69) is 4.98 Å². The van der Waals surface area contributed by atoms with Crippen LogP contribution in [0.5, 0.6) is 0 Å². The maximum Gasteiger partial charge on any atom is 0.197 e. The van der Waals surface area contributed by atoms with Crippen molar-refractivity contribution >= 4 is 34.8 Å². The topological polar surface area (TPSA) is 33.8 Å². The molecule has 0 N–H and O–H groups in total. The molecule has 2 aromatic heterocycles. The molecule has 0 saturated heterocycles. The van der Waals surface area contributed by atoms with Gasteiger partial charge in [-0.15, -0.1) is 11.3 Å². The molecule has 0 aliphatic rings. The molecule has 2 heterocycles. The number of halogens is 1. The van der Waals surface area contributed by atoms with Gasteiger partial charge in [-0.1, -0.05) is 29.8 Å². The van der Waals surface area contributed by atoms with Gasteiger partial charge in [-0.25, -0.2) is 9.55 Å². The fraction of sp³-hybridized carbons (Fsp3) is 0.105. The molecule has 0 fully saturated rings. The normalized spacial score (nSPS) is 11.1. The number of pyridine rings is 1. The first-order valence-electron chi connectivity index (χ1n) is 7.44. The largest absolute Gasteiger partial charge is 0.288 e. The first-order valence-corrected chi connectivity index (χ1v) is 8.63. The standard InChI is InChI=1S/C19H16ClN2OS/c1-13-18(17(23)10-7-14-5-8-16(20)9-6-14)24-19(21-13)15-4-3-11-22(2)12-15/h3-12H,1-2H3/q+1/b10-7+. The van der Waals surface area contributed by atoms with Crippen LogP contribution in [0.1, 0.15) is 20.9 Å². The molecule has 0 spiro atoms. The zero-order valence-corrected chi connectivity index (χ0v) is 14.9. The smallest absolute Gasteiger partial charge is 0.197 e. The molecular formula is C19H16ClN2OS+. The van der Waals surface area contributed by atoms with Crippen molar-refractivity contribution in [1.82, 2.24) is 4.98 Å². The van der Waals surface area contributed by atoms with Gasteiger partial charge in [0.25, 0.3) is 0 Å². The average molecular weight is 356 g/mol. The summed E-state index contributed by atoms with van der Waals surface area (Å²) in [5.41, 5.74) is 2.70. The molecule has 0 aliphatic heterocycles. The maximum absolute atomic E-state index is 12.5. The van der Waals surface area contributed by atoms with Crippen LogP contribution in [-0.4, -0.2) is 10.8 Å². The van der Waals surface area contributed by atoms with Crippen molar-refractivity contribution in [1.29, 1.82) is 0 Å². The monoisotopic (exact) mass is 355 g/mol. The highest BCUT2D eigenvalue weighted by Gasteiger charge is 2.15. The van der Waals surface area contributed by atoms with E-state index in [1.165, 1.54) is 11.3 Å². The van der Waals surface area contributed by atoms with Gasteiger partial charge in [0.05, 0.1) is 16.1 Å². The van der Waals surface area contributed by atoms with E-state index in [0.717, 1.165) is 21.8 Å². The zero-order chi connectivity index (χ0) is 17.1. The molecule has 120 valence electrons. The molecule has 0 bridgehead atoms. The summed E-state index contributed by atoms with van der Waals surface area (Å²) >= 11 is 7.28. The molecule has 0 aliphatic carbocycles. The number of nitrogens with zero attached hydrogens (tertiary/aromatic N) is 2. The van der Waals surface area contributed by atoms with Gasteiger partial charge in [0.15, 0.2) is 18.2 Å². The molecule has 0 atom stereocenters. The predicted octanol–water partition coefficient (Wildman–Crippen LogP) is 4.49. The highest BCUT2D eigenvalue weighted by Crippen LogP contribution is 2.27. The minimum absolute atomic E-state index is 0.0356. The fourth-order valence-corrected chi connectivity index (χ4v) is 3.39. The minimum atomic E-state index is -0.0356. The minimum Gasteiger partial charge on any atom is -0.288 e. The number of hydrogen-bond acceptors (Lipinski definition) is 3. The van der Waals surface area contributed by atoms with Crippen LogP contribution in [0.25, 0.3) is 16.6 Å². The second-order valence-electron chi connectivity index (χ2n) is 5.44. The molecule has 0 amide bonds. The van der Waals surface area contributed by atoms with E-state index in [9.17, 15) is 4.79 Å². The molecule has 1 aromatic carbocycles. The second-order valence-corrected chi connectivity index (χ2v) is 6.88. The number of ketones is 1. The van der Waals surface area contributed by atoms with Crippen molar-refractivity contribution in [3.63, 3.8) is 0 Å². The van der Waals surface area contributed by atoms with E-state index in [1.807, 2.05) is 55.2 Å². The lowest BCUT2D eigenvalue weighted by Gasteiger charge is -1.94. The Morgan fingerprint density at radius 2 is 2.00 bits per heavy atom. The van der Waals surface area contributed by atoms with Gasteiger partial charge in [0, 0.05) is 11.1 Å². The molecule has 5 heteroatoms. The van der Waals surface area contributed by atoms with Crippen molar-refractivity contribution in [3.8, 4) is 10.6 Å². The van der Waals surface area contributed by atoms with Crippen molar-refractivity contribution < 1.29 is 9.36 Å². The maximum atomic E-state index is 12.5. The van der Waals surface area contributed by atoms with Crippen LogP contribution in [0.15, 0.2) is 54.9 Å².